The van der Waals surface area contributed by atoms with Crippen molar-refractivity contribution in [1.82, 2.24) is 10.3 Å². The summed E-state index contributed by atoms with van der Waals surface area (Å²) in [7, 11) is 0. The molecule has 0 radical (unpaired) electrons. The van der Waals surface area contributed by atoms with Crippen molar-refractivity contribution in [2.24, 2.45) is 0 Å². The van der Waals surface area contributed by atoms with Crippen LogP contribution in [-0.2, 0) is 5.54 Å². The molecule has 0 amide bonds. The molecule has 0 aromatic carbocycles. The maximum atomic E-state index is 6.03. The Morgan fingerprint density at radius 1 is 1.56 bits per heavy atom. The van der Waals surface area contributed by atoms with Crippen LogP contribution in [0.3, 0.4) is 0 Å². The lowest BCUT2D eigenvalue weighted by atomic mass is 9.84. The summed E-state index contributed by atoms with van der Waals surface area (Å²) in [5.74, 6) is 0.688. The molecule has 3 heteroatoms. The molecule has 16 heavy (non-hydrogen) atoms. The van der Waals surface area contributed by atoms with Crippen LogP contribution in [0.2, 0.25) is 0 Å². The number of pyridine rings is 1. The maximum absolute atomic E-state index is 6.03. The molecular formula is C13H21N3. The molecule has 1 aromatic rings. The second-order valence-electron chi connectivity index (χ2n) is 4.81. The van der Waals surface area contributed by atoms with Crippen molar-refractivity contribution in [3.63, 3.8) is 0 Å². The first-order valence-electron chi connectivity index (χ1n) is 6.15. The summed E-state index contributed by atoms with van der Waals surface area (Å²) >= 11 is 0. The Kier molecular flexibility index (Phi) is 3.15. The van der Waals surface area contributed by atoms with Crippen LogP contribution < -0.4 is 11.1 Å². The van der Waals surface area contributed by atoms with Crippen molar-refractivity contribution in [1.29, 1.82) is 0 Å². The molecule has 1 atom stereocenters. The van der Waals surface area contributed by atoms with Gasteiger partial charge in [-0.1, -0.05) is 13.3 Å². The lowest BCUT2D eigenvalue weighted by Crippen LogP contribution is -2.37. The number of hydrogen-bond donors (Lipinski definition) is 2. The van der Waals surface area contributed by atoms with E-state index in [4.69, 9.17) is 5.73 Å². The van der Waals surface area contributed by atoms with Gasteiger partial charge in [-0.3, -0.25) is 0 Å². The smallest absolute Gasteiger partial charge is 0.128 e. The molecule has 0 spiro atoms. The first-order chi connectivity index (χ1) is 7.68. The molecule has 1 aromatic heterocycles. The Balaban J connectivity index is 2.42. The van der Waals surface area contributed by atoms with E-state index < -0.39 is 0 Å². The summed E-state index contributed by atoms with van der Waals surface area (Å²) in [5.41, 5.74) is 8.50. The lowest BCUT2D eigenvalue weighted by Gasteiger charge is -2.31. The Bertz CT molecular complexity index is 367. The molecule has 0 aliphatic carbocycles. The highest BCUT2D eigenvalue weighted by molar-refractivity contribution is 5.46. The van der Waals surface area contributed by atoms with E-state index in [9.17, 15) is 0 Å². The number of nitrogens with zero attached hydrogens (tertiary/aromatic N) is 1. The predicted octanol–water partition coefficient (Wildman–Crippen LogP) is 2.35. The number of aromatic nitrogens is 1. The van der Waals surface area contributed by atoms with Gasteiger partial charge in [-0.15, -0.1) is 0 Å². The van der Waals surface area contributed by atoms with Crippen LogP contribution >= 0.6 is 0 Å². The molecule has 1 unspecified atom stereocenters. The van der Waals surface area contributed by atoms with E-state index in [1.54, 1.807) is 0 Å². The van der Waals surface area contributed by atoms with Crippen molar-refractivity contribution in [3.05, 3.63) is 23.4 Å². The summed E-state index contributed by atoms with van der Waals surface area (Å²) < 4.78 is 0. The van der Waals surface area contributed by atoms with E-state index in [1.807, 2.05) is 6.20 Å². The molecule has 0 bridgehead atoms. The molecule has 3 nitrogen and oxygen atoms in total. The maximum Gasteiger partial charge on any atom is 0.128 e. The number of nitrogens with two attached hydrogens (primary N) is 1. The van der Waals surface area contributed by atoms with Gasteiger partial charge in [0.25, 0.3) is 0 Å². The van der Waals surface area contributed by atoms with Crippen LogP contribution in [0.1, 0.15) is 43.7 Å². The minimum atomic E-state index is 0.0812. The van der Waals surface area contributed by atoms with Gasteiger partial charge in [0, 0.05) is 17.3 Å². The molecule has 1 aliphatic heterocycles. The number of aryl methyl sites for hydroxylation is 1. The zero-order valence-electron chi connectivity index (χ0n) is 10.2. The monoisotopic (exact) mass is 219 g/mol. The van der Waals surface area contributed by atoms with Crippen LogP contribution in [0.15, 0.2) is 12.3 Å². The van der Waals surface area contributed by atoms with E-state index in [2.05, 4.69) is 30.2 Å². The van der Waals surface area contributed by atoms with E-state index in [0.717, 1.165) is 13.0 Å². The van der Waals surface area contributed by atoms with E-state index in [-0.39, 0.29) is 5.54 Å². The normalized spacial score (nSPS) is 24.9. The average molecular weight is 219 g/mol. The zero-order valence-corrected chi connectivity index (χ0v) is 10.2. The number of nitrogens with one attached hydrogen (secondary N) is 1. The molecule has 3 N–H and O–H groups in total. The van der Waals surface area contributed by atoms with Crippen molar-refractivity contribution >= 4 is 5.82 Å². The summed E-state index contributed by atoms with van der Waals surface area (Å²) in [6.45, 7) is 5.39. The third-order valence-electron chi connectivity index (χ3n) is 3.49. The van der Waals surface area contributed by atoms with Gasteiger partial charge in [0.2, 0.25) is 0 Å². The van der Waals surface area contributed by atoms with E-state index in [0.29, 0.717) is 5.82 Å². The molecular weight excluding hydrogens is 198 g/mol. The number of rotatable bonds is 3. The topological polar surface area (TPSA) is 50.9 Å². The van der Waals surface area contributed by atoms with Crippen molar-refractivity contribution in [2.75, 3.05) is 12.3 Å². The highest BCUT2D eigenvalue weighted by Crippen LogP contribution is 2.37. The highest BCUT2D eigenvalue weighted by atomic mass is 15.0. The second kappa shape index (κ2) is 4.42. The predicted molar refractivity (Wildman–Crippen MR) is 67.2 cm³/mol. The van der Waals surface area contributed by atoms with Gasteiger partial charge in [0.05, 0.1) is 0 Å². The van der Waals surface area contributed by atoms with Crippen LogP contribution in [0.5, 0.6) is 0 Å². The Labute approximate surface area is 97.5 Å². The van der Waals surface area contributed by atoms with Crippen LogP contribution in [0.25, 0.3) is 0 Å². The summed E-state index contributed by atoms with van der Waals surface area (Å²) in [5, 5.41) is 3.64. The van der Waals surface area contributed by atoms with Crippen LogP contribution in [0.4, 0.5) is 5.82 Å². The zero-order chi connectivity index (χ0) is 11.6. The van der Waals surface area contributed by atoms with Gasteiger partial charge >= 0.3 is 0 Å². The molecule has 1 saturated heterocycles. The standard InChI is InChI=1S/C13H21N3/c1-3-5-13(6-4-7-16-13)11-8-10(2)9-15-12(11)14/h8-9,16H,3-7H2,1-2H3,(H2,14,15). The Morgan fingerprint density at radius 2 is 2.38 bits per heavy atom. The van der Waals surface area contributed by atoms with Crippen molar-refractivity contribution < 1.29 is 0 Å². The van der Waals surface area contributed by atoms with Crippen LogP contribution in [-0.4, -0.2) is 11.5 Å². The lowest BCUT2D eigenvalue weighted by molar-refractivity contribution is 0.356. The first-order valence-corrected chi connectivity index (χ1v) is 6.15. The molecule has 2 heterocycles. The van der Waals surface area contributed by atoms with Gasteiger partial charge in [-0.25, -0.2) is 4.98 Å². The third kappa shape index (κ3) is 1.92. The second-order valence-corrected chi connectivity index (χ2v) is 4.81. The third-order valence-corrected chi connectivity index (χ3v) is 3.49. The summed E-state index contributed by atoms with van der Waals surface area (Å²) in [6, 6.07) is 2.19. The van der Waals surface area contributed by atoms with Gasteiger partial charge in [-0.2, -0.15) is 0 Å². The highest BCUT2D eigenvalue weighted by Gasteiger charge is 2.36. The molecule has 0 saturated carbocycles. The van der Waals surface area contributed by atoms with E-state index in [1.165, 1.54) is 30.4 Å². The quantitative estimate of drug-likeness (QED) is 0.820. The van der Waals surface area contributed by atoms with E-state index >= 15 is 0 Å². The Hall–Kier alpha value is -1.09. The molecule has 1 aliphatic rings. The van der Waals surface area contributed by atoms with Crippen molar-refractivity contribution in [3.8, 4) is 0 Å². The van der Waals surface area contributed by atoms with Crippen LogP contribution in [0, 0.1) is 6.92 Å². The fourth-order valence-electron chi connectivity index (χ4n) is 2.77. The molecule has 2 rings (SSSR count). The largest absolute Gasteiger partial charge is 0.383 e. The minimum absolute atomic E-state index is 0.0812. The fourth-order valence-corrected chi connectivity index (χ4v) is 2.77. The number of hydrogen-bond acceptors (Lipinski definition) is 3. The van der Waals surface area contributed by atoms with Gasteiger partial charge in [0.15, 0.2) is 0 Å². The average Bonchev–Trinajstić information content (AvgIpc) is 2.72. The summed E-state index contributed by atoms with van der Waals surface area (Å²) in [6.07, 6.45) is 6.56. The fraction of sp³-hybridized carbons (Fsp3) is 0.615. The van der Waals surface area contributed by atoms with Gasteiger partial charge in [0.1, 0.15) is 5.82 Å². The first kappa shape index (κ1) is 11.4. The number of nitrogen functional groups attached to an aromatic ring is 1. The molecule has 1 fully saturated rings. The minimum Gasteiger partial charge on any atom is -0.383 e. The Morgan fingerprint density at radius 3 is 3.00 bits per heavy atom. The van der Waals surface area contributed by atoms with Gasteiger partial charge < -0.3 is 11.1 Å². The van der Waals surface area contributed by atoms with Gasteiger partial charge in [-0.05, 0) is 44.4 Å². The SMILES string of the molecule is CCCC1(c2cc(C)cnc2N)CCCN1. The summed E-state index contributed by atoms with van der Waals surface area (Å²) in [4.78, 5) is 4.29. The molecule has 88 valence electrons. The van der Waals surface area contributed by atoms with Crippen molar-refractivity contribution in [2.45, 2.75) is 45.1 Å². The number of anilines is 1.